The van der Waals surface area contributed by atoms with Crippen molar-refractivity contribution in [2.75, 3.05) is 39.8 Å². The Morgan fingerprint density at radius 1 is 1.29 bits per heavy atom. The lowest BCUT2D eigenvalue weighted by molar-refractivity contribution is 0.188. The maximum Gasteiger partial charge on any atom is 0.246 e. The Morgan fingerprint density at radius 2 is 1.95 bits per heavy atom. The summed E-state index contributed by atoms with van der Waals surface area (Å²) >= 11 is 0. The van der Waals surface area contributed by atoms with Crippen LogP contribution in [0.25, 0.3) is 0 Å². The molecule has 0 amide bonds. The number of piperazine rings is 1. The first-order chi connectivity index (χ1) is 9.98. The summed E-state index contributed by atoms with van der Waals surface area (Å²) < 4.78 is 32.5. The lowest BCUT2D eigenvalue weighted by Crippen LogP contribution is -2.48. The summed E-state index contributed by atoms with van der Waals surface area (Å²) in [5, 5.41) is 2.97. The average molecular weight is 315 g/mol. The van der Waals surface area contributed by atoms with Gasteiger partial charge in [0, 0.05) is 32.2 Å². The summed E-state index contributed by atoms with van der Waals surface area (Å²) in [5.74, 6) is 1.12. The molecule has 0 bridgehead atoms. The standard InChI is InChI=1S/C14H25N3O3S/c1-4-5-16-6-8-17(9-7-16)21(18,19)14-10-13(11-15-3)20-12(14)2/h10,15H,4-9,11H2,1-3H3. The summed E-state index contributed by atoms with van der Waals surface area (Å²) in [5.41, 5.74) is 0. The number of furan rings is 1. The quantitative estimate of drug-likeness (QED) is 0.849. The lowest BCUT2D eigenvalue weighted by atomic mass is 10.3. The van der Waals surface area contributed by atoms with Crippen LogP contribution in [-0.2, 0) is 16.6 Å². The van der Waals surface area contributed by atoms with Gasteiger partial charge in [0.05, 0.1) is 6.54 Å². The first kappa shape index (κ1) is 16.5. The van der Waals surface area contributed by atoms with Crippen LogP contribution < -0.4 is 5.32 Å². The minimum Gasteiger partial charge on any atom is -0.464 e. The third kappa shape index (κ3) is 3.66. The molecule has 0 atom stereocenters. The number of hydrogen-bond acceptors (Lipinski definition) is 5. The van der Waals surface area contributed by atoms with Gasteiger partial charge >= 0.3 is 0 Å². The molecule has 1 saturated heterocycles. The van der Waals surface area contributed by atoms with E-state index in [1.165, 1.54) is 0 Å². The van der Waals surface area contributed by atoms with Crippen molar-refractivity contribution in [1.82, 2.24) is 14.5 Å². The zero-order valence-electron chi connectivity index (χ0n) is 13.1. The van der Waals surface area contributed by atoms with E-state index in [-0.39, 0.29) is 0 Å². The highest BCUT2D eigenvalue weighted by molar-refractivity contribution is 7.89. The van der Waals surface area contributed by atoms with Crippen molar-refractivity contribution in [3.05, 3.63) is 17.6 Å². The third-order valence-electron chi connectivity index (χ3n) is 3.76. The van der Waals surface area contributed by atoms with Crippen LogP contribution in [0, 0.1) is 6.92 Å². The first-order valence-corrected chi connectivity index (χ1v) is 8.89. The van der Waals surface area contributed by atoms with E-state index in [2.05, 4.69) is 17.1 Å². The van der Waals surface area contributed by atoms with Gasteiger partial charge in [0.1, 0.15) is 16.4 Å². The van der Waals surface area contributed by atoms with Crippen LogP contribution in [-0.4, -0.2) is 57.4 Å². The second-order valence-corrected chi connectivity index (χ2v) is 7.32. The first-order valence-electron chi connectivity index (χ1n) is 7.45. The van der Waals surface area contributed by atoms with Crippen LogP contribution >= 0.6 is 0 Å². The second kappa shape index (κ2) is 6.91. The Balaban J connectivity index is 2.12. The van der Waals surface area contributed by atoms with Crippen LogP contribution in [0.5, 0.6) is 0 Å². The molecule has 2 heterocycles. The largest absolute Gasteiger partial charge is 0.464 e. The van der Waals surface area contributed by atoms with Crippen LogP contribution in [0.3, 0.4) is 0 Å². The molecule has 6 nitrogen and oxygen atoms in total. The number of nitrogens with zero attached hydrogens (tertiary/aromatic N) is 2. The van der Waals surface area contributed by atoms with Crippen molar-refractivity contribution in [1.29, 1.82) is 0 Å². The van der Waals surface area contributed by atoms with Gasteiger partial charge in [-0.1, -0.05) is 6.92 Å². The van der Waals surface area contributed by atoms with Crippen molar-refractivity contribution in [3.63, 3.8) is 0 Å². The molecule has 120 valence electrons. The Labute approximate surface area is 127 Å². The molecule has 0 unspecified atom stereocenters. The van der Waals surface area contributed by atoms with E-state index in [1.807, 2.05) is 0 Å². The summed E-state index contributed by atoms with van der Waals surface area (Å²) in [7, 11) is -1.64. The molecule has 1 aromatic rings. The summed E-state index contributed by atoms with van der Waals surface area (Å²) in [6.45, 7) is 8.11. The van der Waals surface area contributed by atoms with E-state index >= 15 is 0 Å². The zero-order chi connectivity index (χ0) is 15.5. The smallest absolute Gasteiger partial charge is 0.246 e. The van der Waals surface area contributed by atoms with Crippen molar-refractivity contribution < 1.29 is 12.8 Å². The molecule has 0 spiro atoms. The molecule has 1 fully saturated rings. The minimum absolute atomic E-state index is 0.302. The maximum absolute atomic E-state index is 12.7. The number of sulfonamides is 1. The fraction of sp³-hybridized carbons (Fsp3) is 0.714. The van der Waals surface area contributed by atoms with Gasteiger partial charge in [0.25, 0.3) is 0 Å². The van der Waals surface area contributed by atoms with E-state index in [9.17, 15) is 8.42 Å². The van der Waals surface area contributed by atoms with E-state index in [0.29, 0.717) is 36.1 Å². The summed E-state index contributed by atoms with van der Waals surface area (Å²) in [6.07, 6.45) is 1.10. The highest BCUT2D eigenvalue weighted by Gasteiger charge is 2.31. The van der Waals surface area contributed by atoms with E-state index in [1.54, 1.807) is 24.3 Å². The van der Waals surface area contributed by atoms with Crippen LogP contribution in [0.15, 0.2) is 15.4 Å². The topological polar surface area (TPSA) is 65.8 Å². The lowest BCUT2D eigenvalue weighted by Gasteiger charge is -2.33. The molecular weight excluding hydrogens is 290 g/mol. The van der Waals surface area contributed by atoms with Gasteiger partial charge in [-0.25, -0.2) is 8.42 Å². The van der Waals surface area contributed by atoms with Gasteiger partial charge in [-0.2, -0.15) is 4.31 Å². The summed E-state index contributed by atoms with van der Waals surface area (Å²) in [6, 6.07) is 1.64. The van der Waals surface area contributed by atoms with Crippen LogP contribution in [0.4, 0.5) is 0 Å². The molecule has 0 saturated carbocycles. The highest BCUT2D eigenvalue weighted by Crippen LogP contribution is 2.24. The molecule has 0 radical (unpaired) electrons. The van der Waals surface area contributed by atoms with Crippen molar-refractivity contribution in [2.45, 2.75) is 31.7 Å². The molecule has 0 aliphatic carbocycles. The molecule has 1 aliphatic heterocycles. The van der Waals surface area contributed by atoms with Gasteiger partial charge in [-0.3, -0.25) is 0 Å². The van der Waals surface area contributed by atoms with Gasteiger partial charge < -0.3 is 14.6 Å². The Bertz CT molecular complexity index is 560. The zero-order valence-corrected chi connectivity index (χ0v) is 13.9. The van der Waals surface area contributed by atoms with Gasteiger partial charge in [0.2, 0.25) is 10.0 Å². The molecule has 1 N–H and O–H groups in total. The maximum atomic E-state index is 12.7. The molecular formula is C14H25N3O3S. The SMILES string of the molecule is CCCN1CCN(S(=O)(=O)c2cc(CNC)oc2C)CC1. The van der Waals surface area contributed by atoms with Gasteiger partial charge in [-0.15, -0.1) is 0 Å². The number of aryl methyl sites for hydroxylation is 1. The van der Waals surface area contributed by atoms with Crippen LogP contribution in [0.1, 0.15) is 24.9 Å². The minimum atomic E-state index is -3.44. The number of rotatable bonds is 6. The number of nitrogens with one attached hydrogen (secondary N) is 1. The molecule has 1 aliphatic rings. The van der Waals surface area contributed by atoms with E-state index in [4.69, 9.17) is 4.42 Å². The number of hydrogen-bond donors (Lipinski definition) is 1. The highest BCUT2D eigenvalue weighted by atomic mass is 32.2. The molecule has 0 aromatic carbocycles. The Morgan fingerprint density at radius 3 is 2.52 bits per heavy atom. The Hall–Kier alpha value is -0.890. The molecule has 7 heteroatoms. The van der Waals surface area contributed by atoms with Crippen molar-refractivity contribution in [3.8, 4) is 0 Å². The predicted octanol–water partition coefficient (Wildman–Crippen LogP) is 1.02. The normalized spacial score (nSPS) is 18.2. The molecule has 2 rings (SSSR count). The van der Waals surface area contributed by atoms with Crippen molar-refractivity contribution in [2.24, 2.45) is 0 Å². The van der Waals surface area contributed by atoms with Crippen LogP contribution in [0.2, 0.25) is 0 Å². The third-order valence-corrected chi connectivity index (χ3v) is 5.77. The van der Waals surface area contributed by atoms with Crippen molar-refractivity contribution >= 4 is 10.0 Å². The predicted molar refractivity (Wildman–Crippen MR) is 81.7 cm³/mol. The monoisotopic (exact) mass is 315 g/mol. The summed E-state index contributed by atoms with van der Waals surface area (Å²) in [4.78, 5) is 2.61. The fourth-order valence-corrected chi connectivity index (χ4v) is 4.30. The van der Waals surface area contributed by atoms with Gasteiger partial charge in [0.15, 0.2) is 0 Å². The molecule has 21 heavy (non-hydrogen) atoms. The second-order valence-electron chi connectivity index (χ2n) is 5.41. The fourth-order valence-electron chi connectivity index (χ4n) is 2.69. The molecule has 1 aromatic heterocycles. The average Bonchev–Trinajstić information content (AvgIpc) is 2.82. The van der Waals surface area contributed by atoms with E-state index in [0.717, 1.165) is 26.1 Å². The Kier molecular flexibility index (Phi) is 5.43. The van der Waals surface area contributed by atoms with E-state index < -0.39 is 10.0 Å². The van der Waals surface area contributed by atoms with Gasteiger partial charge in [-0.05, 0) is 26.9 Å².